The molecule has 1 heterocycles. The SMILES string of the molecule is Cc1ccc2c(c1)N(S(=O)(=O)c1ccc(F)c(C)c1)C[C@H](C)O2. The lowest BCUT2D eigenvalue weighted by atomic mass is 10.2. The van der Waals surface area contributed by atoms with Gasteiger partial charge >= 0.3 is 0 Å². The highest BCUT2D eigenvalue weighted by molar-refractivity contribution is 7.92. The number of anilines is 1. The van der Waals surface area contributed by atoms with Crippen LogP contribution in [0.3, 0.4) is 0 Å². The first kappa shape index (κ1) is 15.8. The van der Waals surface area contributed by atoms with E-state index in [9.17, 15) is 12.8 Å². The maximum atomic E-state index is 13.5. The Morgan fingerprint density at radius 1 is 1.17 bits per heavy atom. The van der Waals surface area contributed by atoms with Gasteiger partial charge in [-0.2, -0.15) is 0 Å². The minimum atomic E-state index is -3.78. The van der Waals surface area contributed by atoms with Crippen molar-refractivity contribution in [3.05, 3.63) is 53.3 Å². The Morgan fingerprint density at radius 3 is 2.61 bits per heavy atom. The molecule has 0 unspecified atom stereocenters. The number of ether oxygens (including phenoxy) is 1. The number of sulfonamides is 1. The lowest BCUT2D eigenvalue weighted by Crippen LogP contribution is -2.42. The average Bonchev–Trinajstić information content (AvgIpc) is 2.49. The Kier molecular flexibility index (Phi) is 3.80. The molecule has 1 aliphatic heterocycles. The van der Waals surface area contributed by atoms with Crippen LogP contribution in [0, 0.1) is 19.7 Å². The van der Waals surface area contributed by atoms with Crippen LogP contribution in [0.5, 0.6) is 5.75 Å². The first-order valence-electron chi connectivity index (χ1n) is 7.35. The van der Waals surface area contributed by atoms with E-state index in [1.54, 1.807) is 19.1 Å². The number of halogens is 1. The van der Waals surface area contributed by atoms with E-state index in [4.69, 9.17) is 4.74 Å². The van der Waals surface area contributed by atoms with Crippen molar-refractivity contribution in [1.82, 2.24) is 0 Å². The number of benzene rings is 2. The molecule has 2 aromatic rings. The van der Waals surface area contributed by atoms with Gasteiger partial charge in [-0.1, -0.05) is 6.07 Å². The van der Waals surface area contributed by atoms with Gasteiger partial charge < -0.3 is 4.74 Å². The summed E-state index contributed by atoms with van der Waals surface area (Å²) in [6.45, 7) is 5.48. The van der Waals surface area contributed by atoms with Gasteiger partial charge in [0.2, 0.25) is 0 Å². The molecule has 4 nitrogen and oxygen atoms in total. The topological polar surface area (TPSA) is 46.6 Å². The number of fused-ring (bicyclic) bond motifs is 1. The molecule has 6 heteroatoms. The number of hydrogen-bond acceptors (Lipinski definition) is 3. The fourth-order valence-corrected chi connectivity index (χ4v) is 4.27. The van der Waals surface area contributed by atoms with Gasteiger partial charge in [0.25, 0.3) is 10.0 Å². The van der Waals surface area contributed by atoms with Gasteiger partial charge in [0.1, 0.15) is 17.7 Å². The smallest absolute Gasteiger partial charge is 0.264 e. The van der Waals surface area contributed by atoms with Crippen molar-refractivity contribution in [2.24, 2.45) is 0 Å². The Hall–Kier alpha value is -2.08. The third-order valence-corrected chi connectivity index (χ3v) is 5.63. The van der Waals surface area contributed by atoms with Crippen LogP contribution in [0.2, 0.25) is 0 Å². The lowest BCUT2D eigenvalue weighted by molar-refractivity contribution is 0.219. The van der Waals surface area contributed by atoms with Crippen LogP contribution in [0.1, 0.15) is 18.1 Å². The number of rotatable bonds is 2. The standard InChI is InChI=1S/C17H18FNO3S/c1-11-4-7-17-16(8-11)19(10-13(3)22-17)23(20,21)14-5-6-15(18)12(2)9-14/h4-9,13H,10H2,1-3H3/t13-/m0/s1. The molecule has 3 rings (SSSR count). The molecular formula is C17H18FNO3S. The van der Waals surface area contributed by atoms with Crippen LogP contribution in [-0.2, 0) is 10.0 Å². The molecule has 122 valence electrons. The molecule has 0 radical (unpaired) electrons. The molecule has 0 N–H and O–H groups in total. The summed E-state index contributed by atoms with van der Waals surface area (Å²) in [7, 11) is -3.78. The summed E-state index contributed by atoms with van der Waals surface area (Å²) in [5.41, 5.74) is 1.76. The fraction of sp³-hybridized carbons (Fsp3) is 0.294. The van der Waals surface area contributed by atoms with Gasteiger partial charge in [0.05, 0.1) is 17.1 Å². The summed E-state index contributed by atoms with van der Waals surface area (Å²) in [6.07, 6.45) is -0.262. The zero-order valence-corrected chi connectivity index (χ0v) is 14.0. The first-order valence-corrected chi connectivity index (χ1v) is 8.79. The van der Waals surface area contributed by atoms with Gasteiger partial charge in [-0.25, -0.2) is 12.8 Å². The third kappa shape index (κ3) is 2.79. The third-order valence-electron chi connectivity index (χ3n) is 3.85. The molecule has 0 bridgehead atoms. The molecule has 0 aliphatic carbocycles. The molecule has 1 aliphatic rings. The van der Waals surface area contributed by atoms with E-state index in [2.05, 4.69) is 0 Å². The summed E-state index contributed by atoms with van der Waals surface area (Å²) in [4.78, 5) is 0.0814. The summed E-state index contributed by atoms with van der Waals surface area (Å²) >= 11 is 0. The fourth-order valence-electron chi connectivity index (χ4n) is 2.64. The average molecular weight is 335 g/mol. The lowest BCUT2D eigenvalue weighted by Gasteiger charge is -2.34. The predicted octanol–water partition coefficient (Wildman–Crippen LogP) is 3.42. The van der Waals surface area contributed by atoms with Crippen molar-refractivity contribution in [2.45, 2.75) is 31.8 Å². The second-order valence-electron chi connectivity index (χ2n) is 5.85. The van der Waals surface area contributed by atoms with Gasteiger partial charge in [-0.3, -0.25) is 4.31 Å². The molecule has 1 atom stereocenters. The Balaban J connectivity index is 2.13. The zero-order valence-electron chi connectivity index (χ0n) is 13.2. The summed E-state index contributed by atoms with van der Waals surface area (Å²) in [6, 6.07) is 9.29. The van der Waals surface area contributed by atoms with Crippen molar-refractivity contribution < 1.29 is 17.5 Å². The molecule has 0 saturated carbocycles. The van der Waals surface area contributed by atoms with Crippen LogP contribution < -0.4 is 9.04 Å². The van der Waals surface area contributed by atoms with Crippen LogP contribution in [0.4, 0.5) is 10.1 Å². The quantitative estimate of drug-likeness (QED) is 0.845. The number of nitrogens with zero attached hydrogens (tertiary/aromatic N) is 1. The first-order chi connectivity index (χ1) is 10.8. The van der Waals surface area contributed by atoms with E-state index in [0.717, 1.165) is 5.56 Å². The maximum Gasteiger partial charge on any atom is 0.264 e. The minimum absolute atomic E-state index is 0.0814. The summed E-state index contributed by atoms with van der Waals surface area (Å²) < 4.78 is 46.6. The Morgan fingerprint density at radius 2 is 1.91 bits per heavy atom. The van der Waals surface area contributed by atoms with Crippen molar-refractivity contribution in [1.29, 1.82) is 0 Å². The van der Waals surface area contributed by atoms with E-state index in [1.165, 1.54) is 22.5 Å². The zero-order chi connectivity index (χ0) is 16.8. The van der Waals surface area contributed by atoms with Crippen molar-refractivity contribution in [2.75, 3.05) is 10.8 Å². The predicted molar refractivity (Wildman–Crippen MR) is 86.9 cm³/mol. The van der Waals surface area contributed by atoms with E-state index >= 15 is 0 Å². The second-order valence-corrected chi connectivity index (χ2v) is 7.71. The normalized spacial score (nSPS) is 17.6. The maximum absolute atomic E-state index is 13.5. The van der Waals surface area contributed by atoms with E-state index in [-0.39, 0.29) is 17.5 Å². The molecule has 23 heavy (non-hydrogen) atoms. The number of aryl methyl sites for hydroxylation is 2. The number of hydrogen-bond donors (Lipinski definition) is 0. The Labute approximate surface area is 135 Å². The van der Waals surface area contributed by atoms with Crippen LogP contribution in [0.25, 0.3) is 0 Å². The molecule has 0 fully saturated rings. The van der Waals surface area contributed by atoms with Gasteiger partial charge in [-0.15, -0.1) is 0 Å². The van der Waals surface area contributed by atoms with E-state index < -0.39 is 15.8 Å². The Bertz CT molecular complexity index is 864. The molecule has 0 saturated heterocycles. The van der Waals surface area contributed by atoms with Crippen molar-refractivity contribution in [3.63, 3.8) is 0 Å². The van der Waals surface area contributed by atoms with E-state index in [1.807, 2.05) is 19.9 Å². The molecule has 0 aromatic heterocycles. The monoisotopic (exact) mass is 335 g/mol. The summed E-state index contributed by atoms with van der Waals surface area (Å²) in [5.74, 6) is 0.118. The highest BCUT2D eigenvalue weighted by Crippen LogP contribution is 2.37. The van der Waals surface area contributed by atoms with Crippen LogP contribution in [0.15, 0.2) is 41.3 Å². The minimum Gasteiger partial charge on any atom is -0.487 e. The van der Waals surface area contributed by atoms with Crippen molar-refractivity contribution >= 4 is 15.7 Å². The van der Waals surface area contributed by atoms with E-state index in [0.29, 0.717) is 17.0 Å². The van der Waals surface area contributed by atoms with Gasteiger partial charge in [0.15, 0.2) is 0 Å². The molecule has 0 amide bonds. The van der Waals surface area contributed by atoms with Crippen LogP contribution >= 0.6 is 0 Å². The highest BCUT2D eigenvalue weighted by Gasteiger charge is 2.33. The summed E-state index contributed by atoms with van der Waals surface area (Å²) in [5, 5.41) is 0. The van der Waals surface area contributed by atoms with Crippen LogP contribution in [-0.4, -0.2) is 21.1 Å². The molecule has 2 aromatic carbocycles. The largest absolute Gasteiger partial charge is 0.487 e. The molecular weight excluding hydrogens is 317 g/mol. The molecule has 0 spiro atoms. The second kappa shape index (κ2) is 5.53. The highest BCUT2D eigenvalue weighted by atomic mass is 32.2. The van der Waals surface area contributed by atoms with Gasteiger partial charge in [-0.05, 0) is 62.2 Å². The van der Waals surface area contributed by atoms with Gasteiger partial charge in [0, 0.05) is 0 Å². The van der Waals surface area contributed by atoms with Crippen molar-refractivity contribution in [3.8, 4) is 5.75 Å².